The van der Waals surface area contributed by atoms with Crippen LogP contribution in [-0.2, 0) is 0 Å². The standard InChI is InChI=1S/C88H62N4/c1-9-25-67(26-10-1)89(68-27-11-2-12-28-68)75-49-41-63(42-50-75)83-61-84(64-43-51-76(52-44-64)90(69-29-13-3-14-30-69)70-31-15-4-16-32-70)80-59-60-82-86(66-47-55-78(56-48-66)92(73-37-21-7-22-38-73)74-39-23-8-24-40-74)62-85(81-58-57-79(83)87(80)88(81)82)65-45-53-77(54-46-65)91(71-33-17-5-18-34-71)72-35-19-6-20-36-72/h1-62H. The van der Waals surface area contributed by atoms with Gasteiger partial charge in [-0.25, -0.2) is 0 Å². The minimum absolute atomic E-state index is 1.08. The highest BCUT2D eigenvalue weighted by molar-refractivity contribution is 6.32. The molecule has 92 heavy (non-hydrogen) atoms. The van der Waals surface area contributed by atoms with E-state index < -0.39 is 0 Å². The first-order valence-electron chi connectivity index (χ1n) is 31.5. The Balaban J connectivity index is 0.917. The minimum atomic E-state index is 1.08. The highest BCUT2D eigenvalue weighted by Gasteiger charge is 2.24. The molecule has 0 saturated carbocycles. The van der Waals surface area contributed by atoms with Crippen molar-refractivity contribution in [3.63, 3.8) is 0 Å². The topological polar surface area (TPSA) is 13.0 Å². The van der Waals surface area contributed by atoms with Gasteiger partial charge in [-0.15, -0.1) is 0 Å². The van der Waals surface area contributed by atoms with Gasteiger partial charge in [0, 0.05) is 68.2 Å². The Labute approximate surface area is 537 Å². The zero-order valence-electron chi connectivity index (χ0n) is 50.6. The minimum Gasteiger partial charge on any atom is -0.311 e. The molecule has 0 aliphatic rings. The Kier molecular flexibility index (Phi) is 14.6. The molecule has 16 rings (SSSR count). The maximum Gasteiger partial charge on any atom is 0.0462 e. The average molecular weight is 1180 g/mol. The highest BCUT2D eigenvalue weighted by Crippen LogP contribution is 2.50. The van der Waals surface area contributed by atoms with Gasteiger partial charge in [0.2, 0.25) is 0 Å². The van der Waals surface area contributed by atoms with Crippen LogP contribution in [0.25, 0.3) is 76.8 Å². The molecule has 0 N–H and O–H groups in total. The molecule has 0 radical (unpaired) electrons. The zero-order valence-corrected chi connectivity index (χ0v) is 50.6. The molecule has 16 aromatic rings. The predicted octanol–water partition coefficient (Wildman–Crippen LogP) is 25.1. The van der Waals surface area contributed by atoms with E-state index in [2.05, 4.69) is 396 Å². The molecule has 0 heterocycles. The van der Waals surface area contributed by atoms with Crippen molar-refractivity contribution in [2.45, 2.75) is 0 Å². The third-order valence-corrected chi connectivity index (χ3v) is 17.8. The Bertz CT molecular complexity index is 4320. The van der Waals surface area contributed by atoms with E-state index in [0.717, 1.165) is 90.5 Å². The number of hydrogen-bond acceptors (Lipinski definition) is 4. The van der Waals surface area contributed by atoms with Crippen LogP contribution in [0, 0.1) is 0 Å². The molecule has 0 saturated heterocycles. The average Bonchev–Trinajstić information content (AvgIpc) is 0.711. The maximum atomic E-state index is 2.44. The molecular weight excluding hydrogens is 1110 g/mol. The third kappa shape index (κ3) is 10.4. The number of para-hydroxylation sites is 8. The van der Waals surface area contributed by atoms with E-state index in [1.165, 1.54) is 54.6 Å². The lowest BCUT2D eigenvalue weighted by molar-refractivity contribution is 1.28. The fourth-order valence-electron chi connectivity index (χ4n) is 13.5. The molecule has 0 unspecified atom stereocenters. The van der Waals surface area contributed by atoms with Crippen molar-refractivity contribution in [2.24, 2.45) is 0 Å². The fourth-order valence-corrected chi connectivity index (χ4v) is 13.5. The fraction of sp³-hybridized carbons (Fsp3) is 0. The van der Waals surface area contributed by atoms with Gasteiger partial charge < -0.3 is 19.6 Å². The lowest BCUT2D eigenvalue weighted by atomic mass is 9.82. The first-order chi connectivity index (χ1) is 45.7. The van der Waals surface area contributed by atoms with Crippen LogP contribution in [0.5, 0.6) is 0 Å². The maximum absolute atomic E-state index is 2.44. The molecule has 0 amide bonds. The van der Waals surface area contributed by atoms with Crippen LogP contribution in [-0.4, -0.2) is 0 Å². The number of benzene rings is 16. The lowest BCUT2D eigenvalue weighted by Crippen LogP contribution is -2.09. The normalized spacial score (nSPS) is 11.3. The molecule has 0 aromatic heterocycles. The summed E-state index contributed by atoms with van der Waals surface area (Å²) in [6.07, 6.45) is 0. The molecule has 4 heteroatoms. The molecule has 0 aliphatic heterocycles. The number of rotatable bonds is 16. The largest absolute Gasteiger partial charge is 0.311 e. The number of nitrogens with zero attached hydrogens (tertiary/aromatic N) is 4. The molecule has 0 aliphatic carbocycles. The second-order valence-corrected chi connectivity index (χ2v) is 23.2. The molecule has 4 nitrogen and oxygen atoms in total. The van der Waals surface area contributed by atoms with E-state index in [9.17, 15) is 0 Å². The van der Waals surface area contributed by atoms with Crippen LogP contribution in [0.15, 0.2) is 376 Å². The summed E-state index contributed by atoms with van der Waals surface area (Å²) in [5, 5.41) is 7.27. The third-order valence-electron chi connectivity index (χ3n) is 17.8. The quantitative estimate of drug-likeness (QED) is 0.0894. The molecule has 0 fully saturated rings. The van der Waals surface area contributed by atoms with Crippen LogP contribution < -0.4 is 19.6 Å². The highest BCUT2D eigenvalue weighted by atomic mass is 15.2. The summed E-state index contributed by atoms with van der Waals surface area (Å²) in [4.78, 5) is 9.33. The van der Waals surface area contributed by atoms with Crippen molar-refractivity contribution in [2.75, 3.05) is 19.6 Å². The summed E-state index contributed by atoms with van der Waals surface area (Å²) in [5.74, 6) is 0. The van der Waals surface area contributed by atoms with Gasteiger partial charge >= 0.3 is 0 Å². The van der Waals surface area contributed by atoms with Gasteiger partial charge in [-0.3, -0.25) is 0 Å². The van der Waals surface area contributed by atoms with Crippen LogP contribution in [0.4, 0.5) is 68.2 Å². The van der Waals surface area contributed by atoms with Crippen molar-refractivity contribution in [3.8, 4) is 44.5 Å². The zero-order chi connectivity index (χ0) is 61.2. The molecule has 0 spiro atoms. The summed E-state index contributed by atoms with van der Waals surface area (Å²) in [6.45, 7) is 0. The summed E-state index contributed by atoms with van der Waals surface area (Å²) in [5.41, 5.74) is 22.4. The van der Waals surface area contributed by atoms with Gasteiger partial charge in [0.25, 0.3) is 0 Å². The van der Waals surface area contributed by atoms with Crippen LogP contribution >= 0.6 is 0 Å². The summed E-state index contributed by atoms with van der Waals surface area (Å²) < 4.78 is 0. The van der Waals surface area contributed by atoms with Crippen molar-refractivity contribution in [1.82, 2.24) is 0 Å². The van der Waals surface area contributed by atoms with E-state index in [4.69, 9.17) is 0 Å². The SMILES string of the molecule is c1ccc(N(c2ccccc2)c2ccc(-c3cc(-c4ccc(N(c5ccccc5)c5ccccc5)cc4)c4ccc5c(-c6ccc(N(c7ccccc7)c7ccccc7)cc6)cc(-c6ccc(N(c7ccccc7)c7ccccc7)cc6)c6ccc3c4c65)cc2)cc1. The smallest absolute Gasteiger partial charge is 0.0462 e. The predicted molar refractivity (Wildman–Crippen MR) is 391 cm³/mol. The van der Waals surface area contributed by atoms with Gasteiger partial charge in [0.15, 0.2) is 0 Å². The molecule has 0 bridgehead atoms. The Morgan fingerprint density at radius 2 is 0.272 bits per heavy atom. The van der Waals surface area contributed by atoms with E-state index in [-0.39, 0.29) is 0 Å². The summed E-state index contributed by atoms with van der Waals surface area (Å²) >= 11 is 0. The number of hydrogen-bond donors (Lipinski definition) is 0. The van der Waals surface area contributed by atoms with Crippen molar-refractivity contribution in [1.29, 1.82) is 0 Å². The Hall–Kier alpha value is -12.2. The monoisotopic (exact) mass is 1170 g/mol. The molecule has 16 aromatic carbocycles. The first kappa shape index (κ1) is 55.1. The van der Waals surface area contributed by atoms with Gasteiger partial charge in [-0.1, -0.05) is 218 Å². The van der Waals surface area contributed by atoms with Crippen LogP contribution in [0.2, 0.25) is 0 Å². The molecule has 0 atom stereocenters. The first-order valence-corrected chi connectivity index (χ1v) is 31.5. The van der Waals surface area contributed by atoms with Crippen molar-refractivity contribution < 1.29 is 0 Å². The summed E-state index contributed by atoms with van der Waals surface area (Å²) in [7, 11) is 0. The van der Waals surface area contributed by atoms with Crippen molar-refractivity contribution in [3.05, 3.63) is 376 Å². The number of anilines is 12. The van der Waals surface area contributed by atoms with E-state index in [0.29, 0.717) is 0 Å². The van der Waals surface area contributed by atoms with Crippen LogP contribution in [0.1, 0.15) is 0 Å². The van der Waals surface area contributed by atoms with E-state index >= 15 is 0 Å². The Morgan fingerprint density at radius 1 is 0.130 bits per heavy atom. The van der Waals surface area contributed by atoms with Crippen molar-refractivity contribution >= 4 is 101 Å². The second kappa shape index (κ2) is 24.4. The van der Waals surface area contributed by atoms with E-state index in [1.54, 1.807) is 0 Å². The summed E-state index contributed by atoms with van der Waals surface area (Å²) in [6, 6.07) is 136. The van der Waals surface area contributed by atoms with Gasteiger partial charge in [0.05, 0.1) is 0 Å². The van der Waals surface area contributed by atoms with Gasteiger partial charge in [0.1, 0.15) is 0 Å². The Morgan fingerprint density at radius 3 is 0.424 bits per heavy atom. The van der Waals surface area contributed by atoms with Crippen LogP contribution in [0.3, 0.4) is 0 Å². The molecular formula is C88H62N4. The second-order valence-electron chi connectivity index (χ2n) is 23.2. The van der Waals surface area contributed by atoms with Gasteiger partial charge in [-0.2, -0.15) is 0 Å². The van der Waals surface area contributed by atoms with Gasteiger partial charge in [-0.05, 0) is 235 Å². The molecule has 434 valence electrons. The van der Waals surface area contributed by atoms with E-state index in [1.807, 2.05) is 0 Å². The lowest BCUT2D eigenvalue weighted by Gasteiger charge is -2.26.